The first-order chi connectivity index (χ1) is 35.4. The second kappa shape index (κ2) is 23.7. The number of carboxylic acid groups (broad SMARTS) is 2. The molecule has 0 bridgehead atoms. The molecular formula is C53H38F3K2N11O7. The van der Waals surface area contributed by atoms with Gasteiger partial charge in [0.1, 0.15) is 40.2 Å². The summed E-state index contributed by atoms with van der Waals surface area (Å²) in [5.74, 6) is -5.34. The van der Waals surface area contributed by atoms with Gasteiger partial charge in [0, 0.05) is 122 Å². The number of nitrogens with zero attached hydrogens (tertiary/aromatic N) is 11. The van der Waals surface area contributed by atoms with E-state index in [9.17, 15) is 47.4 Å². The predicted octanol–water partition coefficient (Wildman–Crippen LogP) is -0.589. The minimum absolute atomic E-state index is 0. The maximum Gasteiger partial charge on any atom is 1.00 e. The molecule has 0 unspecified atom stereocenters. The van der Waals surface area contributed by atoms with Crippen LogP contribution in [-0.2, 0) is 27.7 Å². The Bertz CT molecular complexity index is 3730. The number of carbonyl (C=O) groups is 5. The zero-order valence-electron chi connectivity index (χ0n) is 41.7. The normalized spacial score (nSPS) is 12.2. The van der Waals surface area contributed by atoms with Gasteiger partial charge < -0.3 is 24.7 Å². The molecule has 18 nitrogen and oxygen atoms in total. The van der Waals surface area contributed by atoms with Crippen molar-refractivity contribution in [3.63, 3.8) is 0 Å². The van der Waals surface area contributed by atoms with Crippen molar-refractivity contribution in [1.82, 2.24) is 54.1 Å². The molecule has 3 aromatic carbocycles. The Morgan fingerprint density at radius 2 is 0.855 bits per heavy atom. The molecule has 0 saturated heterocycles. The molecular weight excluding hydrogens is 1040 g/mol. The number of halogens is 3. The van der Waals surface area contributed by atoms with E-state index < -0.39 is 40.8 Å². The first-order valence-corrected chi connectivity index (χ1v) is 22.3. The number of hydrogen-bond donors (Lipinski definition) is 0. The van der Waals surface area contributed by atoms with Crippen LogP contribution in [0.3, 0.4) is 0 Å². The fraction of sp³-hybridized carbons (Fsp3) is 0.113. The molecule has 0 fully saturated rings. The van der Waals surface area contributed by atoms with Crippen LogP contribution in [0.15, 0.2) is 128 Å². The van der Waals surface area contributed by atoms with Gasteiger partial charge in [-0.3, -0.25) is 48.3 Å². The Morgan fingerprint density at radius 3 is 1.29 bits per heavy atom. The van der Waals surface area contributed by atoms with Crippen molar-refractivity contribution in [3.8, 4) is 67.2 Å². The zero-order chi connectivity index (χ0) is 52.7. The van der Waals surface area contributed by atoms with E-state index in [0.717, 1.165) is 33.5 Å². The van der Waals surface area contributed by atoms with E-state index in [2.05, 4.69) is 30.2 Å². The molecule has 23 heteroatoms. The number of benzene rings is 3. The molecule has 11 rings (SSSR count). The van der Waals surface area contributed by atoms with Crippen molar-refractivity contribution in [2.75, 3.05) is 14.1 Å². The van der Waals surface area contributed by atoms with Crippen LogP contribution >= 0.6 is 0 Å². The van der Waals surface area contributed by atoms with Crippen LogP contribution in [0, 0.1) is 17.5 Å². The molecule has 0 spiro atoms. The minimum Gasteiger partial charge on any atom is -0.545 e. The van der Waals surface area contributed by atoms with Gasteiger partial charge in [0.25, 0.3) is 17.7 Å². The summed E-state index contributed by atoms with van der Waals surface area (Å²) in [4.78, 5) is 74.5. The molecule has 6 aromatic heterocycles. The van der Waals surface area contributed by atoms with Gasteiger partial charge in [-0.1, -0.05) is 0 Å². The molecule has 0 radical (unpaired) electrons. The van der Waals surface area contributed by atoms with Crippen LogP contribution < -0.4 is 113 Å². The van der Waals surface area contributed by atoms with Gasteiger partial charge >= 0.3 is 103 Å². The van der Waals surface area contributed by atoms with E-state index in [0.29, 0.717) is 57.0 Å². The maximum atomic E-state index is 13.2. The molecule has 0 N–H and O–H groups in total. The molecule has 9 aromatic rings. The molecule has 370 valence electrons. The van der Waals surface area contributed by atoms with Crippen LogP contribution in [-0.4, -0.2) is 97.8 Å². The van der Waals surface area contributed by atoms with E-state index in [1.807, 2.05) is 19.3 Å². The summed E-state index contributed by atoms with van der Waals surface area (Å²) in [6.07, 6.45) is 9.54. The summed E-state index contributed by atoms with van der Waals surface area (Å²) in [5, 5.41) is 35.9. The average molecular weight is 1080 g/mol. The molecule has 0 saturated carbocycles. The fourth-order valence-electron chi connectivity index (χ4n) is 8.63. The van der Waals surface area contributed by atoms with E-state index in [4.69, 9.17) is 0 Å². The summed E-state index contributed by atoms with van der Waals surface area (Å²) < 4.78 is 44.4. The largest absolute Gasteiger partial charge is 1.00 e. The first-order valence-electron chi connectivity index (χ1n) is 22.3. The van der Waals surface area contributed by atoms with Gasteiger partial charge in [-0.05, 0) is 96.6 Å². The Kier molecular flexibility index (Phi) is 17.8. The predicted molar refractivity (Wildman–Crippen MR) is 256 cm³/mol. The Labute approximate surface area is 516 Å². The van der Waals surface area contributed by atoms with Gasteiger partial charge in [-0.25, -0.2) is 13.2 Å². The smallest absolute Gasteiger partial charge is 0.545 e. The second-order valence-electron chi connectivity index (χ2n) is 17.0. The number of aromatic nitrogens is 9. The van der Waals surface area contributed by atoms with Crippen molar-refractivity contribution in [2.45, 2.75) is 6.54 Å². The number of pyridine rings is 3. The summed E-state index contributed by atoms with van der Waals surface area (Å²) in [6, 6.07) is 22.5. The van der Waals surface area contributed by atoms with Crippen LogP contribution in [0.25, 0.3) is 67.2 Å². The quantitative estimate of drug-likeness (QED) is 0.137. The molecule has 76 heavy (non-hydrogen) atoms. The third kappa shape index (κ3) is 11.4. The van der Waals surface area contributed by atoms with Crippen molar-refractivity contribution in [3.05, 3.63) is 179 Å². The number of aromatic carboxylic acids is 2. The number of carboxylic acids is 2. The van der Waals surface area contributed by atoms with Crippen molar-refractivity contribution < 1.29 is 150 Å². The minimum atomic E-state index is -1.73. The topological polar surface area (TPSA) is 230 Å². The van der Waals surface area contributed by atoms with Gasteiger partial charge in [0.2, 0.25) is 0 Å². The number of carbonyl (C=O) groups excluding carboxylic acids is 5. The van der Waals surface area contributed by atoms with E-state index >= 15 is 0 Å². The number of imide groups is 1. The van der Waals surface area contributed by atoms with Gasteiger partial charge in [0.05, 0.1) is 41.0 Å². The van der Waals surface area contributed by atoms with Crippen LogP contribution in [0.4, 0.5) is 13.2 Å². The van der Waals surface area contributed by atoms with Gasteiger partial charge in [-0.2, -0.15) is 15.3 Å². The maximum absolute atomic E-state index is 13.2. The third-order valence-corrected chi connectivity index (χ3v) is 12.0. The molecule has 3 amide bonds. The Morgan fingerprint density at radius 1 is 0.461 bits per heavy atom. The van der Waals surface area contributed by atoms with E-state index in [1.165, 1.54) is 78.7 Å². The van der Waals surface area contributed by atoms with Crippen LogP contribution in [0.5, 0.6) is 0 Å². The summed E-state index contributed by atoms with van der Waals surface area (Å²) in [7, 11) is 8.40. The van der Waals surface area contributed by atoms with Crippen LogP contribution in [0.2, 0.25) is 0 Å². The Balaban J connectivity index is 0.000000164. The van der Waals surface area contributed by atoms with Crippen molar-refractivity contribution in [2.24, 2.45) is 21.1 Å². The molecule has 0 aliphatic carbocycles. The zero-order valence-corrected chi connectivity index (χ0v) is 48.0. The summed E-state index contributed by atoms with van der Waals surface area (Å²) >= 11 is 0. The molecule has 2 aliphatic rings. The molecule has 2 aliphatic heterocycles. The van der Waals surface area contributed by atoms with Crippen LogP contribution in [0.1, 0.15) is 57.7 Å². The van der Waals surface area contributed by atoms with E-state index in [1.54, 1.807) is 78.1 Å². The number of hydrogen-bond acceptors (Lipinski definition) is 13. The molecule has 0 atom stereocenters. The average Bonchev–Trinajstić information content (AvgIpc) is 4.20. The van der Waals surface area contributed by atoms with Crippen molar-refractivity contribution in [1.29, 1.82) is 0 Å². The second-order valence-corrected chi connectivity index (χ2v) is 17.0. The summed E-state index contributed by atoms with van der Waals surface area (Å²) in [6.45, 7) is 0.508. The first kappa shape index (κ1) is 57.1. The Hall–Kier alpha value is -6.65. The van der Waals surface area contributed by atoms with Crippen molar-refractivity contribution >= 4 is 29.7 Å². The monoisotopic (exact) mass is 1080 g/mol. The fourth-order valence-corrected chi connectivity index (χ4v) is 8.63. The molecule has 8 heterocycles. The SMILES string of the molecule is CN1C(=O)c2nccc(-c3cn(C)nc3-c3ccc(F)cc3)c2C1=O.CN1Cc2nccc(-c3cn(C)nc3-c3ccc(F)cc3)c2C1=O.Cn1cc(-c2ccnc(C(=O)[O-])c2C(=O)[O-])c(-c2ccc(F)cc2)n1.[K+].[K+]. The van der Waals surface area contributed by atoms with E-state index in [-0.39, 0.29) is 137 Å². The number of aryl methyl sites for hydroxylation is 3. The number of amides is 3. The van der Waals surface area contributed by atoms with Gasteiger partial charge in [0.15, 0.2) is 0 Å². The number of fused-ring (bicyclic) bond motifs is 2. The van der Waals surface area contributed by atoms with Gasteiger partial charge in [-0.15, -0.1) is 0 Å². The summed E-state index contributed by atoms with van der Waals surface area (Å²) in [5.41, 5.74) is 7.54. The standard InChI is InChI=1S/C18H13FN4O2.C18H15FN4O.C17H12FN3O4.2K/c1-22-9-13(15(21-22)10-3-5-11(19)6-4-10)12-7-8-20-16-14(12)17(24)23(2)18(16)25;1-22-10-15-16(18(22)24)13(7-8-20-15)14-9-23(2)21-17(14)11-3-5-12(19)6-4-11;1-21-8-12(14(20-21)9-2-4-10(18)5-3-9)11-6-7-19-15(17(24)25)13(11)16(22)23;;/h3-9H,1-2H3;3-9H,10H2,1-2H3;2-8H,1H3,(H,22,23)(H,24,25);;/q;;;2*+1/p-2. The third-order valence-electron chi connectivity index (χ3n) is 12.0. The number of rotatable bonds is 8.